The zero-order valence-electron chi connectivity index (χ0n) is 28.6. The van der Waals surface area contributed by atoms with Crippen molar-refractivity contribution >= 4 is 51.4 Å². The fourth-order valence-electron chi connectivity index (χ4n) is 6.75. The van der Waals surface area contributed by atoms with Crippen LogP contribution in [0.15, 0.2) is 77.8 Å². The summed E-state index contributed by atoms with van der Waals surface area (Å²) in [6.45, 7) is 1.91. The molecular weight excluding hydrogens is 724 g/mol. The molecule has 16 nitrogen and oxygen atoms in total. The monoisotopic (exact) mass is 756 g/mol. The molecule has 4 heterocycles. The Hall–Kier alpha value is -6.30. The number of aromatic nitrogens is 3. The molecule has 2 saturated heterocycles. The standard InChI is InChI=1S/C36H33FN8O8S/c37-54(52,53)25-10-4-22(5-11-25)20-44-21-27(40-41-44)23-6-8-24(9-7-23)33(48)38-15-14-31(47)43-18-16-42(17-19-43)28-3-1-2-26-32(28)36(51)45(35(26)50)29-12-13-30(46)39-34(29)49/h1-11,21,29H,12-20H2,(H,38,48)(H,39,46,49). The molecule has 2 fully saturated rings. The Bertz CT molecular complexity index is 2290. The fourth-order valence-corrected chi connectivity index (χ4v) is 7.21. The topological polar surface area (TPSA) is 201 Å². The van der Waals surface area contributed by atoms with Crippen LogP contribution in [0.2, 0.25) is 0 Å². The van der Waals surface area contributed by atoms with E-state index in [-0.39, 0.29) is 55.3 Å². The first-order valence-corrected chi connectivity index (χ1v) is 18.5. The predicted molar refractivity (Wildman–Crippen MR) is 188 cm³/mol. The van der Waals surface area contributed by atoms with Crippen LogP contribution in [-0.4, -0.2) is 107 Å². The highest BCUT2D eigenvalue weighted by molar-refractivity contribution is 7.86. The van der Waals surface area contributed by atoms with Crippen LogP contribution in [0.4, 0.5) is 9.57 Å². The van der Waals surface area contributed by atoms with Crippen molar-refractivity contribution in [3.8, 4) is 11.3 Å². The highest BCUT2D eigenvalue weighted by Gasteiger charge is 2.46. The third-order valence-corrected chi connectivity index (χ3v) is 10.4. The minimum Gasteiger partial charge on any atom is -0.367 e. The second-order valence-corrected chi connectivity index (χ2v) is 14.3. The van der Waals surface area contributed by atoms with Crippen molar-refractivity contribution in [2.24, 2.45) is 0 Å². The van der Waals surface area contributed by atoms with Gasteiger partial charge in [-0.1, -0.05) is 35.5 Å². The van der Waals surface area contributed by atoms with Gasteiger partial charge in [0.15, 0.2) is 0 Å². The zero-order chi connectivity index (χ0) is 38.1. The van der Waals surface area contributed by atoms with Gasteiger partial charge in [-0.2, -0.15) is 8.42 Å². The van der Waals surface area contributed by atoms with Crippen LogP contribution in [0.3, 0.4) is 0 Å². The van der Waals surface area contributed by atoms with E-state index in [2.05, 4.69) is 20.9 Å². The van der Waals surface area contributed by atoms with E-state index in [0.29, 0.717) is 54.3 Å². The van der Waals surface area contributed by atoms with Gasteiger partial charge in [0.25, 0.3) is 17.7 Å². The molecule has 0 bridgehead atoms. The van der Waals surface area contributed by atoms with E-state index in [1.165, 1.54) is 24.3 Å². The van der Waals surface area contributed by atoms with E-state index >= 15 is 0 Å². The Morgan fingerprint density at radius 3 is 2.31 bits per heavy atom. The van der Waals surface area contributed by atoms with Gasteiger partial charge in [0.05, 0.1) is 34.5 Å². The van der Waals surface area contributed by atoms with E-state index in [9.17, 15) is 41.1 Å². The lowest BCUT2D eigenvalue weighted by Gasteiger charge is -2.37. The number of rotatable bonds is 10. The van der Waals surface area contributed by atoms with Crippen molar-refractivity contribution in [2.75, 3.05) is 37.6 Å². The van der Waals surface area contributed by atoms with Gasteiger partial charge in [-0.15, -0.1) is 8.98 Å². The number of nitrogens with one attached hydrogen (secondary N) is 2. The van der Waals surface area contributed by atoms with Crippen LogP contribution in [0.1, 0.15) is 55.9 Å². The molecule has 54 heavy (non-hydrogen) atoms. The molecule has 3 aliphatic heterocycles. The number of carbonyl (C=O) groups is 6. The molecule has 1 unspecified atom stereocenters. The van der Waals surface area contributed by atoms with Crippen LogP contribution in [0.25, 0.3) is 11.3 Å². The molecule has 0 radical (unpaired) electrons. The fraction of sp³-hybridized carbons (Fsp3) is 0.278. The summed E-state index contributed by atoms with van der Waals surface area (Å²) in [6.07, 6.45) is 1.85. The number of nitrogens with zero attached hydrogens (tertiary/aromatic N) is 6. The van der Waals surface area contributed by atoms with E-state index < -0.39 is 44.8 Å². The molecule has 1 aromatic heterocycles. The largest absolute Gasteiger partial charge is 0.367 e. The predicted octanol–water partition coefficient (Wildman–Crippen LogP) is 1.52. The normalized spacial score (nSPS) is 17.4. The van der Waals surface area contributed by atoms with Crippen molar-refractivity contribution in [3.63, 3.8) is 0 Å². The molecule has 0 aliphatic carbocycles. The van der Waals surface area contributed by atoms with Gasteiger partial charge in [0.2, 0.25) is 17.7 Å². The smallest absolute Gasteiger partial charge is 0.332 e. The van der Waals surface area contributed by atoms with Crippen LogP contribution in [-0.2, 0) is 31.2 Å². The Labute approximate surface area is 308 Å². The second-order valence-electron chi connectivity index (χ2n) is 13.0. The van der Waals surface area contributed by atoms with Gasteiger partial charge in [-0.05, 0) is 48.4 Å². The quantitative estimate of drug-likeness (QED) is 0.176. The lowest BCUT2D eigenvalue weighted by Crippen LogP contribution is -2.54. The maximum absolute atomic E-state index is 13.5. The Kier molecular flexibility index (Phi) is 9.76. The molecule has 0 spiro atoms. The van der Waals surface area contributed by atoms with Crippen molar-refractivity contribution < 1.29 is 41.1 Å². The van der Waals surface area contributed by atoms with Gasteiger partial charge >= 0.3 is 10.2 Å². The molecule has 3 aliphatic rings. The van der Waals surface area contributed by atoms with Crippen LogP contribution < -0.4 is 15.5 Å². The summed E-state index contributed by atoms with van der Waals surface area (Å²) in [6, 6.07) is 15.9. The van der Waals surface area contributed by atoms with Gasteiger partial charge in [-0.25, -0.2) is 4.68 Å². The number of anilines is 1. The van der Waals surface area contributed by atoms with Crippen LogP contribution in [0, 0.1) is 0 Å². The van der Waals surface area contributed by atoms with Crippen molar-refractivity contribution in [3.05, 3.63) is 95.2 Å². The van der Waals surface area contributed by atoms with E-state index in [1.807, 2.05) is 4.90 Å². The first kappa shape index (κ1) is 36.1. The van der Waals surface area contributed by atoms with E-state index in [4.69, 9.17) is 0 Å². The lowest BCUT2D eigenvalue weighted by molar-refractivity contribution is -0.136. The summed E-state index contributed by atoms with van der Waals surface area (Å²) in [5, 5.41) is 13.2. The Balaban J connectivity index is 0.880. The molecular formula is C36H33FN8O8S. The molecule has 3 aromatic carbocycles. The van der Waals surface area contributed by atoms with Gasteiger partial charge in [0.1, 0.15) is 11.7 Å². The van der Waals surface area contributed by atoms with Crippen molar-refractivity contribution in [1.82, 2.24) is 35.4 Å². The van der Waals surface area contributed by atoms with E-state index in [1.54, 1.807) is 58.2 Å². The summed E-state index contributed by atoms with van der Waals surface area (Å²) in [5.74, 6) is -2.79. The second kappa shape index (κ2) is 14.6. The molecule has 18 heteroatoms. The first-order valence-electron chi connectivity index (χ1n) is 17.1. The summed E-state index contributed by atoms with van der Waals surface area (Å²) in [4.78, 5) is 80.8. The van der Waals surface area contributed by atoms with E-state index in [0.717, 1.165) is 4.90 Å². The maximum Gasteiger partial charge on any atom is 0.332 e. The molecule has 1 atom stereocenters. The van der Waals surface area contributed by atoms with Crippen LogP contribution >= 0.6 is 0 Å². The number of hydrogen-bond donors (Lipinski definition) is 2. The lowest BCUT2D eigenvalue weighted by atomic mass is 10.0. The number of imide groups is 2. The van der Waals surface area contributed by atoms with Crippen molar-refractivity contribution in [2.45, 2.75) is 36.7 Å². The number of carbonyl (C=O) groups excluding carboxylic acids is 6. The highest BCUT2D eigenvalue weighted by atomic mass is 32.3. The third-order valence-electron chi connectivity index (χ3n) is 9.57. The highest BCUT2D eigenvalue weighted by Crippen LogP contribution is 2.34. The molecule has 278 valence electrons. The molecule has 6 amide bonds. The third kappa shape index (κ3) is 7.32. The number of piperazine rings is 1. The zero-order valence-corrected chi connectivity index (χ0v) is 29.4. The summed E-state index contributed by atoms with van der Waals surface area (Å²) in [7, 11) is -4.78. The minimum absolute atomic E-state index is 0.0286. The molecule has 0 saturated carbocycles. The minimum atomic E-state index is -4.78. The molecule has 2 N–H and O–H groups in total. The summed E-state index contributed by atoms with van der Waals surface area (Å²) < 4.78 is 36.8. The molecule has 7 rings (SSSR count). The van der Waals surface area contributed by atoms with Gasteiger partial charge in [0, 0.05) is 56.7 Å². The maximum atomic E-state index is 13.5. The number of halogens is 1. The SMILES string of the molecule is O=C1CCC(N2C(=O)c3cccc(N4CCN(C(=O)CCNC(=O)c5ccc(-c6cn(Cc7ccc(S(=O)(=O)F)cc7)nn6)cc5)CC4)c3C2=O)C(=O)N1. The van der Waals surface area contributed by atoms with Crippen LogP contribution in [0.5, 0.6) is 0 Å². The summed E-state index contributed by atoms with van der Waals surface area (Å²) >= 11 is 0. The van der Waals surface area contributed by atoms with Gasteiger partial charge in [-0.3, -0.25) is 39.0 Å². The number of amides is 6. The summed E-state index contributed by atoms with van der Waals surface area (Å²) in [5.41, 5.74) is 3.26. The van der Waals surface area contributed by atoms with Gasteiger partial charge < -0.3 is 15.1 Å². The number of fused-ring (bicyclic) bond motifs is 1. The number of piperidine rings is 1. The number of hydrogen-bond acceptors (Lipinski definition) is 11. The molecule has 4 aromatic rings. The first-order chi connectivity index (χ1) is 25.9. The van der Waals surface area contributed by atoms with Crippen molar-refractivity contribution in [1.29, 1.82) is 0 Å². The Morgan fingerprint density at radius 2 is 1.63 bits per heavy atom. The average Bonchev–Trinajstić information content (AvgIpc) is 3.73. The Morgan fingerprint density at radius 1 is 0.907 bits per heavy atom. The number of benzene rings is 3. The average molecular weight is 757 g/mol.